The molecular weight excluding hydrogens is 332 g/mol. The average molecular weight is 351 g/mol. The fraction of sp³-hybridized carbons (Fsp3) is 0.500. The van der Waals surface area contributed by atoms with Crippen molar-refractivity contribution in [3.8, 4) is 0 Å². The molecule has 5 nitrogen and oxygen atoms in total. The minimum absolute atomic E-state index is 0.0707. The first-order valence-electron chi connectivity index (χ1n) is 7.61. The van der Waals surface area contributed by atoms with Gasteiger partial charge in [0.15, 0.2) is 0 Å². The molecule has 1 amide bonds. The number of carbonyl (C=O) groups excluding carboxylic acids is 1. The van der Waals surface area contributed by atoms with Crippen molar-refractivity contribution in [2.75, 3.05) is 0 Å². The fourth-order valence-electron chi connectivity index (χ4n) is 2.04. The lowest BCUT2D eigenvalue weighted by atomic mass is 9.98. The van der Waals surface area contributed by atoms with Gasteiger partial charge in [-0.05, 0) is 24.8 Å². The Labute approximate surface area is 144 Å². The minimum Gasteiger partial charge on any atom is -0.267 e. The molecule has 23 heavy (non-hydrogen) atoms. The molecule has 3 rings (SSSR count). The fourth-order valence-corrected chi connectivity index (χ4v) is 3.20. The normalized spacial score (nSPS) is 15.9. The zero-order valence-corrected chi connectivity index (χ0v) is 15.0. The molecule has 1 aliphatic rings. The minimum atomic E-state index is -0.378. The first kappa shape index (κ1) is 16.3. The number of rotatable bonds is 3. The van der Waals surface area contributed by atoms with E-state index in [1.807, 2.05) is 4.68 Å². The van der Waals surface area contributed by atoms with Crippen molar-refractivity contribution in [3.63, 3.8) is 0 Å². The lowest BCUT2D eigenvalue weighted by molar-refractivity contribution is 0.0997. The Morgan fingerprint density at radius 3 is 2.83 bits per heavy atom. The van der Waals surface area contributed by atoms with Crippen LogP contribution in [0, 0.1) is 5.92 Å². The summed E-state index contributed by atoms with van der Waals surface area (Å²) in [6.07, 6.45) is 5.44. The smallest absolute Gasteiger partial charge is 0.267 e. The number of halogens is 1. The molecule has 7 heteroatoms. The maximum atomic E-state index is 12.4. The summed E-state index contributed by atoms with van der Waals surface area (Å²) in [5.74, 6) is 0.276. The van der Waals surface area contributed by atoms with Gasteiger partial charge in [0.2, 0.25) is 4.80 Å². The van der Waals surface area contributed by atoms with Gasteiger partial charge in [-0.15, -0.1) is 0 Å². The van der Waals surface area contributed by atoms with Gasteiger partial charge in [0.25, 0.3) is 5.91 Å². The van der Waals surface area contributed by atoms with Crippen molar-refractivity contribution < 1.29 is 4.79 Å². The number of hydrogen-bond donors (Lipinski definition) is 0. The molecule has 0 unspecified atom stereocenters. The van der Waals surface area contributed by atoms with Crippen LogP contribution in [0.4, 0.5) is 0 Å². The van der Waals surface area contributed by atoms with Crippen LogP contribution in [-0.2, 0) is 12.0 Å². The van der Waals surface area contributed by atoms with Gasteiger partial charge in [0, 0.05) is 24.4 Å². The number of pyridine rings is 1. The second-order valence-corrected chi connectivity index (χ2v) is 8.20. The number of amides is 1. The molecule has 1 aliphatic carbocycles. The lowest BCUT2D eigenvalue weighted by Gasteiger charge is -2.12. The van der Waals surface area contributed by atoms with E-state index in [0.29, 0.717) is 21.3 Å². The Bertz CT molecular complexity index is 799. The van der Waals surface area contributed by atoms with Crippen LogP contribution in [0.15, 0.2) is 23.5 Å². The Balaban J connectivity index is 2.01. The highest BCUT2D eigenvalue weighted by Gasteiger charge is 2.25. The number of nitrogens with zero attached hydrogens (tertiary/aromatic N) is 4. The zero-order chi connectivity index (χ0) is 16.6. The summed E-state index contributed by atoms with van der Waals surface area (Å²) >= 11 is 7.52. The van der Waals surface area contributed by atoms with E-state index in [4.69, 9.17) is 11.6 Å². The first-order valence-corrected chi connectivity index (χ1v) is 8.81. The second kappa shape index (κ2) is 6.17. The molecule has 0 radical (unpaired) electrons. The molecule has 0 spiro atoms. The van der Waals surface area contributed by atoms with Gasteiger partial charge in [-0.2, -0.15) is 10.1 Å². The predicted molar refractivity (Wildman–Crippen MR) is 90.7 cm³/mol. The molecule has 0 aliphatic heterocycles. The molecule has 1 saturated carbocycles. The van der Waals surface area contributed by atoms with Crippen molar-refractivity contribution in [3.05, 3.63) is 38.9 Å². The molecular formula is C16H19ClN4OS. The monoisotopic (exact) mass is 350 g/mol. The molecule has 0 atom stereocenters. The SMILES string of the molecule is CC(C)(C)c1nn(CC2CC2)c(=NC(=O)c2cnccc2Cl)s1. The highest BCUT2D eigenvalue weighted by molar-refractivity contribution is 7.09. The Hall–Kier alpha value is -1.53. The molecule has 0 N–H and O–H groups in total. The van der Waals surface area contributed by atoms with E-state index in [1.165, 1.54) is 30.4 Å². The maximum absolute atomic E-state index is 12.4. The van der Waals surface area contributed by atoms with Crippen molar-refractivity contribution in [2.24, 2.45) is 10.9 Å². The van der Waals surface area contributed by atoms with Gasteiger partial charge >= 0.3 is 0 Å². The Morgan fingerprint density at radius 2 is 2.22 bits per heavy atom. The third-order valence-electron chi connectivity index (χ3n) is 3.59. The van der Waals surface area contributed by atoms with E-state index >= 15 is 0 Å². The summed E-state index contributed by atoms with van der Waals surface area (Å²) in [7, 11) is 0. The van der Waals surface area contributed by atoms with Crippen LogP contribution in [0.2, 0.25) is 5.02 Å². The molecule has 0 saturated heterocycles. The second-order valence-electron chi connectivity index (χ2n) is 6.84. The van der Waals surface area contributed by atoms with Gasteiger partial charge in [-0.1, -0.05) is 43.7 Å². The van der Waals surface area contributed by atoms with E-state index in [0.717, 1.165) is 11.6 Å². The molecule has 1 fully saturated rings. The van der Waals surface area contributed by atoms with Crippen molar-refractivity contribution in [1.29, 1.82) is 0 Å². The van der Waals surface area contributed by atoms with Crippen molar-refractivity contribution in [2.45, 2.75) is 45.6 Å². The highest BCUT2D eigenvalue weighted by Crippen LogP contribution is 2.30. The Kier molecular flexibility index (Phi) is 4.38. The first-order chi connectivity index (χ1) is 10.8. The van der Waals surface area contributed by atoms with Crippen LogP contribution in [0.1, 0.15) is 49.0 Å². The number of hydrogen-bond acceptors (Lipinski definition) is 4. The average Bonchev–Trinajstić information content (AvgIpc) is 3.19. The van der Waals surface area contributed by atoms with Gasteiger partial charge in [-0.25, -0.2) is 4.68 Å². The largest absolute Gasteiger partial charge is 0.282 e. The van der Waals surface area contributed by atoms with Crippen LogP contribution in [0.3, 0.4) is 0 Å². The highest BCUT2D eigenvalue weighted by atomic mass is 35.5. The quantitative estimate of drug-likeness (QED) is 0.851. The molecule has 2 aromatic heterocycles. The van der Waals surface area contributed by atoms with E-state index < -0.39 is 0 Å². The molecule has 2 heterocycles. The maximum Gasteiger partial charge on any atom is 0.282 e. The standard InChI is InChI=1S/C16H19ClN4OS/c1-16(2,3)14-20-21(9-10-4-5-10)15(23-14)19-13(22)11-8-18-7-6-12(11)17/h6-8,10H,4-5,9H2,1-3H3. The van der Waals surface area contributed by atoms with Crippen molar-refractivity contribution in [1.82, 2.24) is 14.8 Å². The summed E-state index contributed by atoms with van der Waals surface area (Å²) in [5.41, 5.74) is 0.247. The number of aromatic nitrogens is 3. The van der Waals surface area contributed by atoms with Crippen LogP contribution < -0.4 is 4.80 Å². The molecule has 0 bridgehead atoms. The third-order valence-corrected chi connectivity index (χ3v) is 5.29. The third kappa shape index (κ3) is 3.87. The summed E-state index contributed by atoms with van der Waals surface area (Å²) in [6, 6.07) is 1.59. The van der Waals surface area contributed by atoms with Gasteiger partial charge in [0.1, 0.15) is 5.01 Å². The van der Waals surface area contributed by atoms with E-state index in [1.54, 1.807) is 12.3 Å². The number of carbonyl (C=O) groups is 1. The molecule has 0 aromatic carbocycles. The van der Waals surface area contributed by atoms with E-state index in [9.17, 15) is 4.79 Å². The van der Waals surface area contributed by atoms with Gasteiger partial charge < -0.3 is 0 Å². The topological polar surface area (TPSA) is 60.1 Å². The summed E-state index contributed by atoms with van der Waals surface area (Å²) in [5, 5.41) is 6.01. The van der Waals surface area contributed by atoms with Crippen LogP contribution in [0.5, 0.6) is 0 Å². The van der Waals surface area contributed by atoms with Crippen LogP contribution in [-0.4, -0.2) is 20.7 Å². The Morgan fingerprint density at radius 1 is 1.48 bits per heavy atom. The summed E-state index contributed by atoms with van der Waals surface area (Å²) < 4.78 is 1.87. The van der Waals surface area contributed by atoms with Gasteiger partial charge in [-0.3, -0.25) is 9.78 Å². The summed E-state index contributed by atoms with van der Waals surface area (Å²) in [4.78, 5) is 21.3. The molecule has 2 aromatic rings. The zero-order valence-electron chi connectivity index (χ0n) is 13.4. The molecule has 122 valence electrons. The van der Waals surface area contributed by atoms with E-state index in [-0.39, 0.29) is 11.3 Å². The van der Waals surface area contributed by atoms with Gasteiger partial charge in [0.05, 0.1) is 10.6 Å². The van der Waals surface area contributed by atoms with E-state index in [2.05, 4.69) is 35.8 Å². The van der Waals surface area contributed by atoms with Crippen molar-refractivity contribution >= 4 is 28.8 Å². The van der Waals surface area contributed by atoms with Crippen LogP contribution >= 0.6 is 22.9 Å². The summed E-state index contributed by atoms with van der Waals surface area (Å²) in [6.45, 7) is 7.14. The predicted octanol–water partition coefficient (Wildman–Crippen LogP) is 3.44. The van der Waals surface area contributed by atoms with Crippen LogP contribution in [0.25, 0.3) is 0 Å². The lowest BCUT2D eigenvalue weighted by Crippen LogP contribution is -2.20.